The van der Waals surface area contributed by atoms with Gasteiger partial charge in [-0.3, -0.25) is 25.8 Å². The number of rotatable bonds is 4. The lowest BCUT2D eigenvalue weighted by atomic mass is 10.1. The number of hydrogen-bond acceptors (Lipinski definition) is 13. The molecule has 0 saturated heterocycles. The predicted molar refractivity (Wildman–Crippen MR) is 182 cm³/mol. The van der Waals surface area contributed by atoms with Crippen molar-refractivity contribution >= 4 is 52.4 Å². The second kappa shape index (κ2) is 25.1. The molecule has 0 aliphatic carbocycles. The van der Waals surface area contributed by atoms with E-state index in [1.54, 1.807) is 34.6 Å². The van der Waals surface area contributed by atoms with Crippen LogP contribution in [0.3, 0.4) is 0 Å². The SMILES string of the molecule is C.CC(C(=N)N)C(=N)N.CC(C(=N)N)C(N)=O.CC(C)=O.CC(C)=O.Cc1nc(N)c(C)c(=O)[nH]1.Cc1nc(N)c(C)c(N)n1. The van der Waals surface area contributed by atoms with Gasteiger partial charge in [0.15, 0.2) is 0 Å². The van der Waals surface area contributed by atoms with Crippen LogP contribution in [-0.2, 0) is 14.4 Å². The highest BCUT2D eigenvalue weighted by Crippen LogP contribution is 2.12. The van der Waals surface area contributed by atoms with Crippen molar-refractivity contribution < 1.29 is 14.4 Å². The molecule has 1 unspecified atom stereocenters. The molecule has 18 nitrogen and oxygen atoms in total. The summed E-state index contributed by atoms with van der Waals surface area (Å²) in [6.07, 6.45) is 0. The molecule has 18 N–H and O–H groups in total. The standard InChI is InChI=1S/C6H10N4.C6H9N3O.C4H10N4.C4H9N3O.2C3H6O.CH4/c1-3-5(7)9-4(2)10-6(3)8;1-3-5(7)8-4(2)9-6(3)10;2*1-2(3(5)6)4(7)8;2*1-3(2)4;/h1-2H3,(H4,7,8,9,10);1-2H3,(H3,7,8,9,10);2H,1H3,(H3,5,6)(H3,7,8);2H,1H3,(H3,5,6)(H2,7,8);2*1-2H3;1H4. The van der Waals surface area contributed by atoms with Crippen molar-refractivity contribution in [3.8, 4) is 0 Å². The van der Waals surface area contributed by atoms with Gasteiger partial charge >= 0.3 is 0 Å². The number of amides is 1. The molecule has 256 valence electrons. The lowest BCUT2D eigenvalue weighted by Crippen LogP contribution is -2.32. The zero-order valence-corrected chi connectivity index (χ0v) is 27.2. The van der Waals surface area contributed by atoms with E-state index in [-0.39, 0.29) is 42.1 Å². The zero-order valence-electron chi connectivity index (χ0n) is 27.2. The number of ketones is 2. The lowest BCUT2D eigenvalue weighted by molar-refractivity contribution is -0.119. The van der Waals surface area contributed by atoms with E-state index in [1.165, 1.54) is 34.6 Å². The third-order valence-electron chi connectivity index (χ3n) is 4.47. The number of carbonyl (C=O) groups is 3. The predicted octanol–water partition coefficient (Wildman–Crippen LogP) is 0.592. The highest BCUT2D eigenvalue weighted by atomic mass is 16.1. The molecule has 18 heteroatoms. The van der Waals surface area contributed by atoms with Crippen LogP contribution in [0.15, 0.2) is 4.79 Å². The molecule has 1 atom stereocenters. The van der Waals surface area contributed by atoms with Crippen molar-refractivity contribution in [1.29, 1.82) is 16.2 Å². The van der Waals surface area contributed by atoms with E-state index in [0.717, 1.165) is 5.56 Å². The second-order valence-corrected chi connectivity index (χ2v) is 9.36. The maximum Gasteiger partial charge on any atom is 0.255 e. The Morgan fingerprint density at radius 1 is 0.644 bits per heavy atom. The molecule has 0 aliphatic heterocycles. The highest BCUT2D eigenvalue weighted by molar-refractivity contribution is 6.01. The largest absolute Gasteiger partial charge is 0.387 e. The number of hydrogen-bond donors (Lipinski definition) is 11. The van der Waals surface area contributed by atoms with E-state index < -0.39 is 17.7 Å². The number of aromatic nitrogens is 4. The first-order valence-electron chi connectivity index (χ1n) is 12.7. The minimum Gasteiger partial charge on any atom is -0.387 e. The summed E-state index contributed by atoms with van der Waals surface area (Å²) in [5.74, 6) is 0.833. The molecule has 0 radical (unpaired) electrons. The maximum atomic E-state index is 10.9. The zero-order chi connectivity index (χ0) is 36.1. The number of amidine groups is 3. The summed E-state index contributed by atoms with van der Waals surface area (Å²) < 4.78 is 0. The van der Waals surface area contributed by atoms with Gasteiger partial charge in [-0.25, -0.2) is 15.0 Å². The first-order valence-corrected chi connectivity index (χ1v) is 12.7. The van der Waals surface area contributed by atoms with Crippen LogP contribution >= 0.6 is 0 Å². The third kappa shape index (κ3) is 28.5. The topological polar surface area (TPSA) is 376 Å². The second-order valence-electron chi connectivity index (χ2n) is 9.36. The average molecular weight is 639 g/mol. The van der Waals surface area contributed by atoms with E-state index in [9.17, 15) is 19.2 Å². The van der Waals surface area contributed by atoms with Crippen molar-refractivity contribution in [2.24, 2.45) is 34.8 Å². The number of aryl methyl sites for hydroxylation is 2. The molecule has 0 spiro atoms. The minimum absolute atomic E-state index is 0. The van der Waals surface area contributed by atoms with E-state index in [1.807, 2.05) is 0 Å². The van der Waals surface area contributed by atoms with E-state index in [4.69, 9.17) is 56.4 Å². The summed E-state index contributed by atoms with van der Waals surface area (Å²) in [5, 5.41) is 20.3. The van der Waals surface area contributed by atoms with Crippen LogP contribution in [0.2, 0.25) is 0 Å². The Labute approximate surface area is 264 Å². The minimum atomic E-state index is -0.630. The fourth-order valence-corrected chi connectivity index (χ4v) is 1.66. The number of nitrogens with one attached hydrogen (secondary N) is 4. The molecule has 2 aromatic heterocycles. The number of nitrogen functional groups attached to an aromatic ring is 3. The molecular formula is C27H54N14O4. The lowest BCUT2D eigenvalue weighted by Gasteiger charge is -2.04. The normalized spacial score (nSPS) is 10.0. The first-order chi connectivity index (χ1) is 19.8. The van der Waals surface area contributed by atoms with Crippen molar-refractivity contribution in [1.82, 2.24) is 19.9 Å². The number of carbonyl (C=O) groups excluding carboxylic acids is 3. The molecule has 0 bridgehead atoms. The van der Waals surface area contributed by atoms with Gasteiger partial charge in [0.2, 0.25) is 5.91 Å². The monoisotopic (exact) mass is 638 g/mol. The van der Waals surface area contributed by atoms with Crippen molar-refractivity contribution in [3.63, 3.8) is 0 Å². The van der Waals surface area contributed by atoms with Crippen LogP contribution in [0, 0.1) is 55.8 Å². The Balaban J connectivity index is -0.000000146. The van der Waals surface area contributed by atoms with Gasteiger partial charge in [-0.15, -0.1) is 0 Å². The van der Waals surface area contributed by atoms with Crippen LogP contribution in [0.1, 0.15) is 71.7 Å². The van der Waals surface area contributed by atoms with E-state index in [2.05, 4.69) is 19.9 Å². The number of H-pyrrole nitrogens is 1. The van der Waals surface area contributed by atoms with Crippen LogP contribution in [0.4, 0.5) is 17.5 Å². The number of nitrogens with zero attached hydrogens (tertiary/aromatic N) is 3. The summed E-state index contributed by atoms with van der Waals surface area (Å²) in [6, 6.07) is 0. The molecule has 0 fully saturated rings. The van der Waals surface area contributed by atoms with Gasteiger partial charge < -0.3 is 54.7 Å². The summed E-state index contributed by atoms with van der Waals surface area (Å²) in [6.45, 7) is 16.1. The van der Waals surface area contributed by atoms with Gasteiger partial charge in [-0.05, 0) is 69.2 Å². The Hall–Kier alpha value is -5.42. The Morgan fingerprint density at radius 2 is 0.933 bits per heavy atom. The van der Waals surface area contributed by atoms with Gasteiger partial charge in [0, 0.05) is 5.56 Å². The molecule has 45 heavy (non-hydrogen) atoms. The fraction of sp³-hybridized carbons (Fsp3) is 0.481. The van der Waals surface area contributed by atoms with E-state index >= 15 is 0 Å². The Kier molecular flexibility index (Phi) is 27.5. The molecule has 2 rings (SSSR count). The number of nitrogens with two attached hydrogens (primary N) is 7. The van der Waals surface area contributed by atoms with Gasteiger partial charge in [-0.2, -0.15) is 0 Å². The number of aromatic amines is 1. The number of Topliss-reactive ketones (excluding diaryl/α,β-unsaturated/α-hetero) is 2. The van der Waals surface area contributed by atoms with Gasteiger partial charge in [0.1, 0.15) is 58.2 Å². The van der Waals surface area contributed by atoms with Crippen molar-refractivity contribution in [3.05, 3.63) is 33.1 Å². The summed E-state index contributed by atoms with van der Waals surface area (Å²) in [7, 11) is 0. The smallest absolute Gasteiger partial charge is 0.255 e. The van der Waals surface area contributed by atoms with Crippen LogP contribution in [0.25, 0.3) is 0 Å². The van der Waals surface area contributed by atoms with Gasteiger partial charge in [0.25, 0.3) is 5.56 Å². The van der Waals surface area contributed by atoms with Crippen LogP contribution in [-0.4, -0.2) is 54.9 Å². The van der Waals surface area contributed by atoms with Crippen molar-refractivity contribution in [2.75, 3.05) is 17.2 Å². The van der Waals surface area contributed by atoms with Gasteiger partial charge in [0.05, 0.1) is 17.4 Å². The average Bonchev–Trinajstić information content (AvgIpc) is 2.85. The summed E-state index contributed by atoms with van der Waals surface area (Å²) >= 11 is 0. The summed E-state index contributed by atoms with van der Waals surface area (Å²) in [5.41, 5.74) is 37.1. The van der Waals surface area contributed by atoms with Crippen molar-refractivity contribution in [2.45, 2.75) is 76.7 Å². The fourth-order valence-electron chi connectivity index (χ4n) is 1.66. The van der Waals surface area contributed by atoms with Crippen LogP contribution in [0.5, 0.6) is 0 Å². The molecule has 1 amide bonds. The third-order valence-corrected chi connectivity index (χ3v) is 4.47. The molecule has 2 heterocycles. The molecule has 0 saturated carbocycles. The quantitative estimate of drug-likeness (QED) is 0.161. The molecular weight excluding hydrogens is 584 g/mol. The molecule has 2 aromatic rings. The Bertz CT molecular complexity index is 1240. The molecule has 0 aliphatic rings. The number of primary amides is 1. The van der Waals surface area contributed by atoms with E-state index in [0.29, 0.717) is 34.7 Å². The highest BCUT2D eigenvalue weighted by Gasteiger charge is 2.10. The molecule has 0 aromatic carbocycles. The van der Waals surface area contributed by atoms with Crippen LogP contribution < -0.4 is 45.7 Å². The van der Waals surface area contributed by atoms with Gasteiger partial charge in [-0.1, -0.05) is 7.43 Å². The summed E-state index contributed by atoms with van der Waals surface area (Å²) in [4.78, 5) is 54.1. The first kappa shape index (κ1) is 49.3. The Morgan fingerprint density at radius 3 is 1.13 bits per heavy atom. The maximum absolute atomic E-state index is 10.9. The number of anilines is 3.